The second kappa shape index (κ2) is 9.19. The van der Waals surface area contributed by atoms with Gasteiger partial charge in [-0.15, -0.1) is 0 Å². The van der Waals surface area contributed by atoms with Crippen molar-refractivity contribution in [3.05, 3.63) is 57.0 Å². The number of fused-ring (bicyclic) bond motifs is 1. The van der Waals surface area contributed by atoms with Gasteiger partial charge in [-0.25, -0.2) is 9.59 Å². The molecule has 3 N–H and O–H groups in total. The van der Waals surface area contributed by atoms with Crippen molar-refractivity contribution in [3.63, 3.8) is 0 Å². The molecule has 0 saturated heterocycles. The lowest BCUT2D eigenvalue weighted by atomic mass is 10.0. The van der Waals surface area contributed by atoms with E-state index in [1.807, 2.05) is 0 Å². The number of amides is 1. The number of carbonyl (C=O) groups is 2. The van der Waals surface area contributed by atoms with E-state index in [4.69, 9.17) is 19.3 Å². The normalized spacial score (nSPS) is 13.3. The highest BCUT2D eigenvalue weighted by Crippen LogP contribution is 2.38. The average molecular weight is 529 g/mol. The van der Waals surface area contributed by atoms with Gasteiger partial charge in [-0.1, -0.05) is 22.0 Å². The second-order valence-corrected chi connectivity index (χ2v) is 7.66. The fourth-order valence-corrected chi connectivity index (χ4v) is 3.87. The molecular weight excluding hydrogens is 514 g/mol. The summed E-state index contributed by atoms with van der Waals surface area (Å²) in [5.74, 6) is -0.173. The first-order chi connectivity index (χ1) is 13.8. The predicted molar refractivity (Wildman–Crippen MR) is 110 cm³/mol. The molecule has 1 aliphatic rings. The summed E-state index contributed by atoms with van der Waals surface area (Å²) in [6.07, 6.45) is 0.601. The third kappa shape index (κ3) is 5.42. The lowest BCUT2D eigenvalue weighted by Crippen LogP contribution is -2.17. The Morgan fingerprint density at radius 3 is 2.72 bits per heavy atom. The van der Waals surface area contributed by atoms with Gasteiger partial charge in [-0.05, 0) is 40.2 Å². The zero-order valence-electron chi connectivity index (χ0n) is 14.7. The van der Waals surface area contributed by atoms with E-state index in [0.717, 1.165) is 6.08 Å². The number of phenols is 1. The molecule has 8 nitrogen and oxygen atoms in total. The van der Waals surface area contributed by atoms with E-state index >= 15 is 0 Å². The van der Waals surface area contributed by atoms with Crippen LogP contribution in [0.3, 0.4) is 0 Å². The lowest BCUT2D eigenvalue weighted by Gasteiger charge is -2.19. The standard InChI is InChI=1S/C19H15Br2NO7/c20-10-6-12(18(25)13(21)7-10)14(2-1-3-17(23)24)29-19(26)22-11-4-5-15-16(8-11)28-9-27-15/h1,3-8,14,25H,2,9H2,(H,22,26)(H,23,24)/b3-1+/t14-/m1/s1. The van der Waals surface area contributed by atoms with Crippen molar-refractivity contribution in [2.45, 2.75) is 12.5 Å². The summed E-state index contributed by atoms with van der Waals surface area (Å²) in [5.41, 5.74) is 0.737. The molecule has 1 atom stereocenters. The quantitative estimate of drug-likeness (QED) is 0.453. The highest BCUT2D eigenvalue weighted by Gasteiger charge is 2.22. The van der Waals surface area contributed by atoms with Crippen LogP contribution >= 0.6 is 31.9 Å². The van der Waals surface area contributed by atoms with Crippen LogP contribution in [0, 0.1) is 0 Å². The number of anilines is 1. The minimum Gasteiger partial charge on any atom is -0.506 e. The van der Waals surface area contributed by atoms with E-state index in [0.29, 0.717) is 31.7 Å². The van der Waals surface area contributed by atoms with Crippen molar-refractivity contribution in [2.24, 2.45) is 0 Å². The number of ether oxygens (including phenoxy) is 3. The maximum atomic E-state index is 12.4. The van der Waals surface area contributed by atoms with E-state index in [9.17, 15) is 14.7 Å². The summed E-state index contributed by atoms with van der Waals surface area (Å²) in [6.45, 7) is 0.109. The SMILES string of the molecule is O=C(O)/C=C/C[C@@H](OC(=O)Nc1ccc2c(c1)OCO2)c1cc(Br)cc(Br)c1O. The summed E-state index contributed by atoms with van der Waals surface area (Å²) in [6, 6.07) is 8.10. The Morgan fingerprint density at radius 1 is 1.21 bits per heavy atom. The number of nitrogens with one attached hydrogen (secondary N) is 1. The smallest absolute Gasteiger partial charge is 0.412 e. The Hall–Kier alpha value is -2.72. The third-order valence-corrected chi connectivity index (χ3v) is 4.95. The Bertz CT molecular complexity index is 977. The molecule has 1 aliphatic heterocycles. The van der Waals surface area contributed by atoms with Gasteiger partial charge in [0.15, 0.2) is 11.5 Å². The number of carboxylic acid groups (broad SMARTS) is 1. The number of benzene rings is 2. The second-order valence-electron chi connectivity index (χ2n) is 5.89. The molecule has 0 bridgehead atoms. The van der Waals surface area contributed by atoms with E-state index < -0.39 is 18.2 Å². The van der Waals surface area contributed by atoms with E-state index in [1.165, 1.54) is 6.08 Å². The van der Waals surface area contributed by atoms with E-state index in [-0.39, 0.29) is 19.0 Å². The monoisotopic (exact) mass is 527 g/mol. The summed E-state index contributed by atoms with van der Waals surface area (Å²) in [4.78, 5) is 23.2. The zero-order chi connectivity index (χ0) is 21.0. The molecule has 0 spiro atoms. The number of carbonyl (C=O) groups excluding carboxylic acids is 1. The summed E-state index contributed by atoms with van der Waals surface area (Å²) in [5, 5.41) is 21.7. The number of halogens is 2. The summed E-state index contributed by atoms with van der Waals surface area (Å²) in [7, 11) is 0. The van der Waals surface area contributed by atoms with Gasteiger partial charge in [0.05, 0.1) is 4.47 Å². The fourth-order valence-electron chi connectivity index (χ4n) is 2.61. The third-order valence-electron chi connectivity index (χ3n) is 3.88. The van der Waals surface area contributed by atoms with Gasteiger partial charge in [0.2, 0.25) is 6.79 Å². The van der Waals surface area contributed by atoms with Crippen molar-refractivity contribution in [2.75, 3.05) is 12.1 Å². The van der Waals surface area contributed by atoms with Gasteiger partial charge in [0.1, 0.15) is 11.9 Å². The predicted octanol–water partition coefficient (Wildman–Crippen LogP) is 4.97. The van der Waals surface area contributed by atoms with E-state index in [1.54, 1.807) is 30.3 Å². The van der Waals surface area contributed by atoms with Crippen molar-refractivity contribution < 1.29 is 34.0 Å². The number of aliphatic carboxylic acids is 1. The Morgan fingerprint density at radius 2 is 1.97 bits per heavy atom. The molecule has 0 saturated carbocycles. The molecule has 3 rings (SSSR count). The van der Waals surface area contributed by atoms with Gasteiger partial charge >= 0.3 is 12.1 Å². The molecule has 0 aliphatic carbocycles. The zero-order valence-corrected chi connectivity index (χ0v) is 17.9. The average Bonchev–Trinajstić information content (AvgIpc) is 3.11. The highest BCUT2D eigenvalue weighted by molar-refractivity contribution is 9.11. The number of phenolic OH excluding ortho intramolecular Hbond substituents is 1. The first-order valence-electron chi connectivity index (χ1n) is 8.28. The van der Waals surface area contributed by atoms with E-state index in [2.05, 4.69) is 37.2 Å². The molecule has 1 heterocycles. The van der Waals surface area contributed by atoms with Gasteiger partial charge in [0.25, 0.3) is 0 Å². The van der Waals surface area contributed by atoms with Crippen LogP contribution in [0.25, 0.3) is 0 Å². The van der Waals surface area contributed by atoms with Gasteiger partial charge in [0, 0.05) is 34.3 Å². The maximum Gasteiger partial charge on any atom is 0.412 e. The molecular formula is C19H15Br2NO7. The Labute approximate surface area is 182 Å². The molecule has 1 amide bonds. The molecule has 2 aromatic carbocycles. The molecule has 152 valence electrons. The first-order valence-corrected chi connectivity index (χ1v) is 9.86. The molecule has 0 radical (unpaired) electrons. The van der Waals surface area contributed by atoms with Crippen LogP contribution in [0.2, 0.25) is 0 Å². The van der Waals surface area contributed by atoms with Gasteiger partial charge in [-0.3, -0.25) is 5.32 Å². The van der Waals surface area contributed by atoms with Crippen molar-refractivity contribution in [1.82, 2.24) is 0 Å². The topological polar surface area (TPSA) is 114 Å². The minimum absolute atomic E-state index is 0.0390. The van der Waals surface area contributed by atoms with Crippen LogP contribution in [0.1, 0.15) is 18.1 Å². The van der Waals surface area contributed by atoms with Crippen LogP contribution in [0.4, 0.5) is 10.5 Å². The molecule has 2 aromatic rings. The largest absolute Gasteiger partial charge is 0.506 e. The van der Waals surface area contributed by atoms with Crippen molar-refractivity contribution >= 4 is 49.6 Å². The number of aromatic hydroxyl groups is 1. The summed E-state index contributed by atoms with van der Waals surface area (Å²) >= 11 is 6.55. The number of hydrogen-bond acceptors (Lipinski definition) is 6. The summed E-state index contributed by atoms with van der Waals surface area (Å²) < 4.78 is 17.0. The minimum atomic E-state index is -1.13. The molecule has 29 heavy (non-hydrogen) atoms. The van der Waals surface area contributed by atoms with Gasteiger partial charge in [-0.2, -0.15) is 0 Å². The van der Waals surface area contributed by atoms with Gasteiger partial charge < -0.3 is 24.4 Å². The van der Waals surface area contributed by atoms with Crippen LogP contribution in [0.5, 0.6) is 17.2 Å². The number of rotatable bonds is 6. The van der Waals surface area contributed by atoms with Crippen LogP contribution < -0.4 is 14.8 Å². The molecule has 0 fully saturated rings. The molecule has 10 heteroatoms. The van der Waals surface area contributed by atoms with Crippen molar-refractivity contribution in [1.29, 1.82) is 0 Å². The Balaban J connectivity index is 1.79. The highest BCUT2D eigenvalue weighted by atomic mass is 79.9. The number of carboxylic acids is 1. The first kappa shape index (κ1) is 21.0. The fraction of sp³-hybridized carbons (Fsp3) is 0.158. The molecule has 0 unspecified atom stereocenters. The van der Waals surface area contributed by atoms with Crippen LogP contribution in [0.15, 0.2) is 51.4 Å². The Kier molecular flexibility index (Phi) is 6.65. The molecule has 0 aromatic heterocycles. The van der Waals surface area contributed by atoms with Crippen molar-refractivity contribution in [3.8, 4) is 17.2 Å². The lowest BCUT2D eigenvalue weighted by molar-refractivity contribution is -0.131. The van der Waals surface area contributed by atoms with Crippen LogP contribution in [-0.4, -0.2) is 29.1 Å². The van der Waals surface area contributed by atoms with Crippen LogP contribution in [-0.2, 0) is 9.53 Å². The maximum absolute atomic E-state index is 12.4. The number of hydrogen-bond donors (Lipinski definition) is 3.